The Hall–Kier alpha value is -4.01. The maximum absolute atomic E-state index is 13.4. The van der Waals surface area contributed by atoms with E-state index < -0.39 is 49.3 Å². The highest BCUT2D eigenvalue weighted by Gasteiger charge is 2.46. The molecule has 0 bridgehead atoms. The number of carboxylic acids is 1. The first-order valence-corrected chi connectivity index (χ1v) is 13.8. The molecule has 3 aromatic rings. The third-order valence-corrected chi connectivity index (χ3v) is 9.51. The van der Waals surface area contributed by atoms with Gasteiger partial charge in [-0.2, -0.15) is 26.3 Å². The molecule has 43 heavy (non-hydrogen) atoms. The van der Waals surface area contributed by atoms with E-state index in [-0.39, 0.29) is 19.8 Å². The number of amides is 1. The summed E-state index contributed by atoms with van der Waals surface area (Å²) in [7, 11) is -4.14. The summed E-state index contributed by atoms with van der Waals surface area (Å²) in [5, 5.41) is 8.78. The zero-order chi connectivity index (χ0) is 31.5. The van der Waals surface area contributed by atoms with Crippen LogP contribution in [0.15, 0.2) is 72.1 Å². The fourth-order valence-electron chi connectivity index (χ4n) is 4.38. The zero-order valence-corrected chi connectivity index (χ0v) is 23.0. The van der Waals surface area contributed by atoms with Crippen molar-refractivity contribution in [3.05, 3.63) is 72.8 Å². The van der Waals surface area contributed by atoms with Crippen molar-refractivity contribution in [3.8, 4) is 11.1 Å². The SMILES string of the molecule is C.CC(C)([C@@H]1CCN(c2ccc(-c3cnc[nH+]c3)cc2)C(=O)C1)S(=O)(=O)c1cccc(C(F)(F)F)c1.O=C([O-])C(F)(F)F. The number of piperidine rings is 1. The van der Waals surface area contributed by atoms with Crippen molar-refractivity contribution in [2.45, 2.75) is 56.1 Å². The van der Waals surface area contributed by atoms with E-state index in [2.05, 4.69) is 9.97 Å². The number of hydrogen-bond donors (Lipinski definition) is 0. The van der Waals surface area contributed by atoms with Crippen molar-refractivity contribution in [1.29, 1.82) is 0 Å². The summed E-state index contributed by atoms with van der Waals surface area (Å²) < 4.78 is 96.2. The van der Waals surface area contributed by atoms with Crippen LogP contribution < -0.4 is 15.0 Å². The average molecular weight is 634 g/mol. The Morgan fingerprint density at radius 3 is 2.12 bits per heavy atom. The number of alkyl halides is 6. The highest BCUT2D eigenvalue weighted by molar-refractivity contribution is 7.92. The molecule has 234 valence electrons. The molecule has 1 aliphatic rings. The Bertz CT molecular complexity index is 1530. The molecule has 1 fully saturated rings. The van der Waals surface area contributed by atoms with Crippen LogP contribution in [0.3, 0.4) is 0 Å². The highest BCUT2D eigenvalue weighted by Crippen LogP contribution is 2.40. The molecule has 1 aliphatic heterocycles. The number of rotatable bonds is 5. The summed E-state index contributed by atoms with van der Waals surface area (Å²) in [6.07, 6.45) is -4.38. The van der Waals surface area contributed by atoms with Gasteiger partial charge in [0, 0.05) is 18.7 Å². The first-order valence-electron chi connectivity index (χ1n) is 12.3. The summed E-state index contributed by atoms with van der Waals surface area (Å²) in [6, 6.07) is 11.2. The molecule has 1 atom stereocenters. The third kappa shape index (κ3) is 8.09. The molecule has 0 radical (unpaired) electrons. The maximum atomic E-state index is 13.4. The summed E-state index contributed by atoms with van der Waals surface area (Å²) >= 11 is 0. The number of aromatic amines is 1. The van der Waals surface area contributed by atoms with E-state index in [9.17, 15) is 39.6 Å². The van der Waals surface area contributed by atoms with E-state index in [1.165, 1.54) is 19.9 Å². The van der Waals surface area contributed by atoms with Crippen LogP contribution >= 0.6 is 0 Å². The zero-order valence-electron chi connectivity index (χ0n) is 22.2. The molecule has 2 aromatic carbocycles. The van der Waals surface area contributed by atoms with Crippen molar-refractivity contribution < 1.29 is 54.4 Å². The first-order chi connectivity index (χ1) is 19.4. The van der Waals surface area contributed by atoms with Gasteiger partial charge in [0.1, 0.15) is 5.97 Å². The Balaban J connectivity index is 0.000000721. The Morgan fingerprint density at radius 1 is 1.02 bits per heavy atom. The molecule has 1 amide bonds. The maximum Gasteiger partial charge on any atom is 0.430 e. The van der Waals surface area contributed by atoms with Gasteiger partial charge in [-0.25, -0.2) is 13.4 Å². The van der Waals surface area contributed by atoms with E-state index in [0.29, 0.717) is 24.7 Å². The van der Waals surface area contributed by atoms with Crippen molar-refractivity contribution in [2.75, 3.05) is 11.4 Å². The molecule has 0 unspecified atom stereocenters. The van der Waals surface area contributed by atoms with E-state index in [4.69, 9.17) is 9.90 Å². The predicted octanol–water partition coefficient (Wildman–Crippen LogP) is 4.51. The number of nitrogens with zero attached hydrogens (tertiary/aromatic N) is 2. The first kappa shape index (κ1) is 35.2. The van der Waals surface area contributed by atoms with Gasteiger partial charge in [0.15, 0.2) is 16.0 Å². The summed E-state index contributed by atoms with van der Waals surface area (Å²) in [5.74, 6) is -3.78. The van der Waals surface area contributed by atoms with Crippen molar-refractivity contribution >= 4 is 27.4 Å². The Kier molecular flexibility index (Phi) is 10.7. The molecule has 4 rings (SSSR count). The number of carbonyl (C=O) groups excluding carboxylic acids is 2. The normalized spacial score (nSPS) is 16.0. The minimum absolute atomic E-state index is 0. The van der Waals surface area contributed by atoms with Gasteiger partial charge in [-0.3, -0.25) is 4.79 Å². The number of sulfone groups is 1. The average Bonchev–Trinajstić information content (AvgIpc) is 2.93. The monoisotopic (exact) mass is 633 g/mol. The summed E-state index contributed by atoms with van der Waals surface area (Å²) in [5.41, 5.74) is 1.50. The quantitative estimate of drug-likeness (QED) is 0.381. The molecule has 0 saturated carbocycles. The summed E-state index contributed by atoms with van der Waals surface area (Å²) in [6.45, 7) is 3.27. The molecule has 2 heterocycles. The number of H-pyrrole nitrogens is 1. The second kappa shape index (κ2) is 13.1. The molecule has 1 aromatic heterocycles. The highest BCUT2D eigenvalue weighted by atomic mass is 32.2. The van der Waals surface area contributed by atoms with Crippen LogP contribution in [0, 0.1) is 5.92 Å². The molecule has 1 saturated heterocycles. The third-order valence-electron chi connectivity index (χ3n) is 6.92. The van der Waals surface area contributed by atoms with Crippen molar-refractivity contribution in [3.63, 3.8) is 0 Å². The van der Waals surface area contributed by atoms with Crippen LogP contribution in [-0.4, -0.2) is 42.7 Å². The number of aromatic nitrogens is 2. The van der Waals surface area contributed by atoms with Crippen LogP contribution in [0.25, 0.3) is 11.1 Å². The van der Waals surface area contributed by atoms with Gasteiger partial charge < -0.3 is 14.8 Å². The fraction of sp³-hybridized carbons (Fsp3) is 0.357. The lowest BCUT2D eigenvalue weighted by atomic mass is 9.85. The van der Waals surface area contributed by atoms with Gasteiger partial charge in [-0.15, -0.1) is 0 Å². The second-order valence-corrected chi connectivity index (χ2v) is 12.4. The van der Waals surface area contributed by atoms with Crippen LogP contribution in [0.1, 0.15) is 39.7 Å². The summed E-state index contributed by atoms with van der Waals surface area (Å²) in [4.78, 5) is 30.0. The minimum Gasteiger partial charge on any atom is -0.542 e. The molecule has 0 aliphatic carbocycles. The van der Waals surface area contributed by atoms with E-state index in [1.807, 2.05) is 30.5 Å². The minimum atomic E-state index is -5.19. The lowest BCUT2D eigenvalue weighted by Crippen LogP contribution is -2.48. The van der Waals surface area contributed by atoms with Crippen molar-refractivity contribution in [2.24, 2.45) is 5.92 Å². The predicted molar refractivity (Wildman–Crippen MR) is 142 cm³/mol. The largest absolute Gasteiger partial charge is 0.542 e. The second-order valence-electron chi connectivity index (χ2n) is 9.87. The number of benzene rings is 2. The number of hydrogen-bond acceptors (Lipinski definition) is 6. The number of carbonyl (C=O) groups is 2. The Morgan fingerprint density at radius 2 is 1.63 bits per heavy atom. The van der Waals surface area contributed by atoms with Crippen LogP contribution in [0.5, 0.6) is 0 Å². The topological polar surface area (TPSA) is 122 Å². The molecule has 15 heteroatoms. The lowest BCUT2D eigenvalue weighted by molar-refractivity contribution is -0.382. The van der Waals surface area contributed by atoms with E-state index >= 15 is 0 Å². The number of carboxylic acid groups (broad SMARTS) is 1. The lowest BCUT2D eigenvalue weighted by Gasteiger charge is -2.39. The molecule has 8 nitrogen and oxygen atoms in total. The molecular formula is C28H29F6N3O5S. The standard InChI is InChI=1S/C25H24F3N3O3S.C2HF3O2.CH4/c1-24(2,35(33,34)22-5-3-4-20(12-22)25(26,27)28)19-10-11-31(23(32)13-19)21-8-6-17(7-9-21)18-14-29-16-30-15-18;3-2(4,5)1(6)7;/h3-9,12,14-16,19H,10-11,13H2,1-2H3;(H,6,7);1H4/t19-;;/m1../s1. The molecule has 1 N–H and O–H groups in total. The molecular weight excluding hydrogens is 604 g/mol. The number of anilines is 1. The van der Waals surface area contributed by atoms with Gasteiger partial charge in [0.05, 0.1) is 27.0 Å². The van der Waals surface area contributed by atoms with Crippen LogP contribution in [0.2, 0.25) is 0 Å². The van der Waals surface area contributed by atoms with Gasteiger partial charge in [-0.1, -0.05) is 30.6 Å². The number of halogens is 6. The van der Waals surface area contributed by atoms with Crippen LogP contribution in [0.4, 0.5) is 32.0 Å². The van der Waals surface area contributed by atoms with Gasteiger partial charge >= 0.3 is 12.4 Å². The number of aliphatic carboxylic acids is 1. The van der Waals surface area contributed by atoms with Crippen LogP contribution in [-0.2, 0) is 25.6 Å². The number of nitrogens with one attached hydrogen (secondary N) is 1. The smallest absolute Gasteiger partial charge is 0.430 e. The molecule has 0 spiro atoms. The van der Waals surface area contributed by atoms with Gasteiger partial charge in [-0.05, 0) is 62.1 Å². The van der Waals surface area contributed by atoms with E-state index in [0.717, 1.165) is 23.3 Å². The van der Waals surface area contributed by atoms with Crippen molar-refractivity contribution in [1.82, 2.24) is 4.98 Å². The Labute approximate surface area is 244 Å². The van der Waals surface area contributed by atoms with Gasteiger partial charge in [0.2, 0.25) is 5.91 Å². The van der Waals surface area contributed by atoms with Gasteiger partial charge in [0.25, 0.3) is 6.33 Å². The fourth-order valence-corrected chi connectivity index (χ4v) is 6.17. The van der Waals surface area contributed by atoms with E-state index in [1.54, 1.807) is 17.4 Å².